The predicted octanol–water partition coefficient (Wildman–Crippen LogP) is 0.233. The van der Waals surface area contributed by atoms with E-state index in [2.05, 4.69) is 64.2 Å². The van der Waals surface area contributed by atoms with E-state index in [-0.39, 0.29) is 18.6 Å². The number of fused-ring (bicyclic) bond motifs is 1. The molecule has 2 aliphatic rings. The fourth-order valence-electron chi connectivity index (χ4n) is 7.25. The molecule has 1 saturated carbocycles. The van der Waals surface area contributed by atoms with Gasteiger partial charge in [-0.05, 0) is 52.3 Å². The zero-order valence-electron chi connectivity index (χ0n) is 32.4. The highest BCUT2D eigenvalue weighted by atomic mass is 16.7. The standard InChI is InChI=1S/C36H63N15O5/c1-21(27-33(47-17-42-2)48-18-45-27)43-11-7-3-5-10-14-54-32-25(40)22(38)15-23(39)30(32)56-36-26(41)29(52)31(24(16-37)55-36)53-13-9-6-4-8-12-44-34-28-35(49-19-46-28)51-20-50-34/h17-26,29-32,36,43,52H,2-16,37-41H2,1H3,(H,45,48)(H2,44,46,49,50,51)/b47-17-. The first kappa shape index (κ1) is 43.6. The molecule has 11 unspecified atom stereocenters. The van der Waals surface area contributed by atoms with Gasteiger partial charge in [0, 0.05) is 50.5 Å². The van der Waals surface area contributed by atoms with Crippen LogP contribution in [-0.4, -0.2) is 142 Å². The average Bonchev–Trinajstić information content (AvgIpc) is 3.89. The van der Waals surface area contributed by atoms with Crippen LogP contribution in [0, 0.1) is 0 Å². The molecule has 3 aromatic heterocycles. The number of hydrogen-bond acceptors (Lipinski definition) is 17. The van der Waals surface area contributed by atoms with E-state index in [1.807, 2.05) is 0 Å². The van der Waals surface area contributed by atoms with Crippen molar-refractivity contribution in [3.8, 4) is 0 Å². The van der Waals surface area contributed by atoms with Crippen molar-refractivity contribution in [1.29, 1.82) is 0 Å². The van der Waals surface area contributed by atoms with Crippen molar-refractivity contribution >= 4 is 35.9 Å². The maximum atomic E-state index is 11.3. The molecule has 11 atom stereocenters. The molecular formula is C36H63N15O5. The highest BCUT2D eigenvalue weighted by molar-refractivity contribution is 5.81. The van der Waals surface area contributed by atoms with Crippen LogP contribution in [0.4, 0.5) is 11.6 Å². The Hall–Kier alpha value is -3.54. The van der Waals surface area contributed by atoms with E-state index >= 15 is 0 Å². The smallest absolute Gasteiger partial charge is 0.182 e. The number of aromatic amines is 2. The summed E-state index contributed by atoms with van der Waals surface area (Å²) in [6.07, 6.45) is 9.36. The van der Waals surface area contributed by atoms with Crippen LogP contribution in [0.1, 0.15) is 76.4 Å². The molecule has 3 aromatic rings. The van der Waals surface area contributed by atoms with Crippen LogP contribution in [0.3, 0.4) is 0 Å². The van der Waals surface area contributed by atoms with E-state index in [4.69, 9.17) is 47.6 Å². The second-order valence-corrected chi connectivity index (χ2v) is 14.6. The minimum Gasteiger partial charge on any atom is -0.388 e. The summed E-state index contributed by atoms with van der Waals surface area (Å²) >= 11 is 0. The molecule has 1 aliphatic carbocycles. The van der Waals surface area contributed by atoms with Gasteiger partial charge < -0.3 is 73.3 Å². The first-order chi connectivity index (χ1) is 27.2. The van der Waals surface area contributed by atoms with Crippen LogP contribution in [0.25, 0.3) is 11.2 Å². The number of imidazole rings is 2. The maximum absolute atomic E-state index is 11.3. The highest BCUT2D eigenvalue weighted by Crippen LogP contribution is 2.29. The van der Waals surface area contributed by atoms with Gasteiger partial charge in [-0.25, -0.2) is 24.9 Å². The number of aliphatic hydroxyl groups is 1. The molecule has 5 rings (SSSR count). The number of rotatable bonds is 24. The summed E-state index contributed by atoms with van der Waals surface area (Å²) in [6, 6.07) is -2.20. The molecule has 0 spiro atoms. The first-order valence-electron chi connectivity index (χ1n) is 19.8. The molecule has 4 heterocycles. The molecule has 0 radical (unpaired) electrons. The fourth-order valence-corrected chi connectivity index (χ4v) is 7.25. The van der Waals surface area contributed by atoms with Crippen LogP contribution in [0.5, 0.6) is 0 Å². The zero-order valence-corrected chi connectivity index (χ0v) is 32.4. The van der Waals surface area contributed by atoms with Crippen molar-refractivity contribution in [3.63, 3.8) is 0 Å². The third kappa shape index (κ3) is 11.8. The molecule has 56 heavy (non-hydrogen) atoms. The van der Waals surface area contributed by atoms with E-state index in [0.717, 1.165) is 81.5 Å². The van der Waals surface area contributed by atoms with Crippen molar-refractivity contribution in [2.75, 3.05) is 38.2 Å². The molecule has 1 saturated heterocycles. The average molecular weight is 786 g/mol. The summed E-state index contributed by atoms with van der Waals surface area (Å²) in [7, 11) is 0. The summed E-state index contributed by atoms with van der Waals surface area (Å²) < 4.78 is 25.1. The number of aliphatic hydroxyl groups excluding tert-OH is 1. The number of anilines is 1. The zero-order chi connectivity index (χ0) is 39.9. The number of nitrogens with one attached hydrogen (secondary N) is 4. The van der Waals surface area contributed by atoms with Crippen molar-refractivity contribution in [2.24, 2.45) is 38.7 Å². The van der Waals surface area contributed by atoms with E-state index in [1.165, 1.54) is 12.7 Å². The van der Waals surface area contributed by atoms with Crippen LogP contribution in [-0.2, 0) is 18.9 Å². The van der Waals surface area contributed by atoms with Gasteiger partial charge in [-0.1, -0.05) is 25.7 Å². The van der Waals surface area contributed by atoms with Crippen LogP contribution < -0.4 is 39.3 Å². The molecule has 0 amide bonds. The van der Waals surface area contributed by atoms with Gasteiger partial charge in [0.25, 0.3) is 0 Å². The summed E-state index contributed by atoms with van der Waals surface area (Å²) in [5.74, 6) is 1.33. The molecule has 20 heteroatoms. The number of unbranched alkanes of at least 4 members (excludes halogenated alkanes) is 6. The lowest BCUT2D eigenvalue weighted by atomic mass is 9.83. The lowest BCUT2D eigenvalue weighted by molar-refractivity contribution is -0.291. The lowest BCUT2D eigenvalue weighted by Gasteiger charge is -2.48. The van der Waals surface area contributed by atoms with E-state index in [9.17, 15) is 5.11 Å². The van der Waals surface area contributed by atoms with Crippen molar-refractivity contribution in [1.82, 2.24) is 35.2 Å². The van der Waals surface area contributed by atoms with Crippen LogP contribution in [0.15, 0.2) is 29.0 Å². The third-order valence-electron chi connectivity index (χ3n) is 10.5. The summed E-state index contributed by atoms with van der Waals surface area (Å²) in [5, 5.41) is 18.1. The van der Waals surface area contributed by atoms with E-state index in [0.29, 0.717) is 31.1 Å². The Bertz CT molecular complexity index is 1610. The van der Waals surface area contributed by atoms with Crippen molar-refractivity contribution in [2.45, 2.75) is 132 Å². The van der Waals surface area contributed by atoms with Gasteiger partial charge in [0.15, 0.2) is 23.6 Å². The van der Waals surface area contributed by atoms with Crippen LogP contribution in [0.2, 0.25) is 0 Å². The Morgan fingerprint density at radius 3 is 2.38 bits per heavy atom. The molecule has 20 nitrogen and oxygen atoms in total. The third-order valence-corrected chi connectivity index (χ3v) is 10.5. The summed E-state index contributed by atoms with van der Waals surface area (Å²) in [4.78, 5) is 30.8. The van der Waals surface area contributed by atoms with Gasteiger partial charge in [-0.15, -0.1) is 0 Å². The number of nitrogens with two attached hydrogens (primary N) is 5. The maximum Gasteiger partial charge on any atom is 0.182 e. The highest BCUT2D eigenvalue weighted by Gasteiger charge is 2.49. The van der Waals surface area contributed by atoms with Crippen molar-refractivity contribution in [3.05, 3.63) is 24.7 Å². The topological polar surface area (TPSA) is 319 Å². The monoisotopic (exact) mass is 786 g/mol. The van der Waals surface area contributed by atoms with Gasteiger partial charge in [0.2, 0.25) is 0 Å². The number of H-pyrrole nitrogens is 2. The summed E-state index contributed by atoms with van der Waals surface area (Å²) in [6.45, 7) is 8.06. The number of ether oxygens (including phenoxy) is 4. The van der Waals surface area contributed by atoms with E-state index < -0.39 is 54.9 Å². The number of hydrogen-bond donors (Lipinski definition) is 10. The Morgan fingerprint density at radius 2 is 1.62 bits per heavy atom. The first-order valence-corrected chi connectivity index (χ1v) is 19.8. The Labute approximate surface area is 328 Å². The quantitative estimate of drug-likeness (QED) is 0.0330. The van der Waals surface area contributed by atoms with Gasteiger partial charge in [-0.2, -0.15) is 0 Å². The minimum absolute atomic E-state index is 0.0544. The Morgan fingerprint density at radius 1 is 0.911 bits per heavy atom. The number of aromatic nitrogens is 6. The van der Waals surface area contributed by atoms with Crippen molar-refractivity contribution < 1.29 is 24.1 Å². The second kappa shape index (κ2) is 22.4. The predicted molar refractivity (Wildman–Crippen MR) is 214 cm³/mol. The Balaban J connectivity index is 1.00. The molecular weight excluding hydrogens is 722 g/mol. The minimum atomic E-state index is -1.07. The fraction of sp³-hybridized carbons (Fsp3) is 0.722. The van der Waals surface area contributed by atoms with Gasteiger partial charge in [0.1, 0.15) is 48.7 Å². The van der Waals surface area contributed by atoms with Gasteiger partial charge in [-0.3, -0.25) is 4.99 Å². The normalized spacial score (nSPS) is 28.9. The molecule has 0 aromatic carbocycles. The summed E-state index contributed by atoms with van der Waals surface area (Å²) in [5.41, 5.74) is 34.4. The van der Waals surface area contributed by atoms with Crippen LogP contribution >= 0.6 is 0 Å². The lowest BCUT2D eigenvalue weighted by Crippen LogP contribution is -2.69. The second-order valence-electron chi connectivity index (χ2n) is 14.6. The largest absolute Gasteiger partial charge is 0.388 e. The SMILES string of the molecule is C=N/C=N\c1nc[nH]c1C(C)NCCCCCCOC1C(N)C(N)CC(N)C1OC1OC(CN)C(OCCCCCCNc2ncnc3nc[nH]c23)C(O)C1N. The van der Waals surface area contributed by atoms with Gasteiger partial charge >= 0.3 is 0 Å². The number of nitrogens with zero attached hydrogens (tertiary/aromatic N) is 6. The van der Waals surface area contributed by atoms with Gasteiger partial charge in [0.05, 0.1) is 24.4 Å². The molecule has 312 valence electrons. The Kier molecular flexibility index (Phi) is 17.4. The van der Waals surface area contributed by atoms with E-state index in [1.54, 1.807) is 12.7 Å². The molecule has 1 aliphatic heterocycles. The molecule has 15 N–H and O–H groups in total. The molecule has 2 fully saturated rings. The number of aliphatic imine (C=N–C) groups is 2. The molecule has 0 bridgehead atoms.